The summed E-state index contributed by atoms with van der Waals surface area (Å²) >= 11 is 0. The highest BCUT2D eigenvalue weighted by molar-refractivity contribution is 5.85. The van der Waals surface area contributed by atoms with Crippen molar-refractivity contribution in [1.82, 2.24) is 28.9 Å². The Morgan fingerprint density at radius 3 is 2.57 bits per heavy atom. The van der Waals surface area contributed by atoms with E-state index in [1.165, 1.54) is 17.9 Å². The molecule has 3 saturated heterocycles. The summed E-state index contributed by atoms with van der Waals surface area (Å²) in [7, 11) is 3.01. The molecule has 12 heteroatoms. The standard InChI is InChI=1S/C23H34N6O5.ClH/c1-22(33)13-23(6-9-28(10-7-23)19(30)15-5-4-8-24-11-15)34-12-16(22)29-14-25-18-17(29)20(31)27(3)21(32)26(18)2;/h14-16,24,33H,4-13H2,1-3H3;1H/t15-,16-,22-;/m1./s1. The third kappa shape index (κ3) is 4.32. The largest absolute Gasteiger partial charge is 0.388 e. The first kappa shape index (κ1) is 25.9. The van der Waals surface area contributed by atoms with Gasteiger partial charge in [0.25, 0.3) is 5.56 Å². The van der Waals surface area contributed by atoms with Crippen molar-refractivity contribution in [3.05, 3.63) is 27.2 Å². The molecule has 0 bridgehead atoms. The number of nitrogens with zero attached hydrogens (tertiary/aromatic N) is 5. The average Bonchev–Trinajstić information content (AvgIpc) is 3.26. The van der Waals surface area contributed by atoms with Crippen LogP contribution in [0.2, 0.25) is 0 Å². The van der Waals surface area contributed by atoms with Gasteiger partial charge in [0, 0.05) is 40.2 Å². The fourth-order valence-electron chi connectivity index (χ4n) is 6.01. The molecule has 3 aliphatic heterocycles. The summed E-state index contributed by atoms with van der Waals surface area (Å²) in [4.78, 5) is 44.3. The van der Waals surface area contributed by atoms with E-state index in [2.05, 4.69) is 10.3 Å². The van der Waals surface area contributed by atoms with Crippen LogP contribution in [0.1, 0.15) is 45.1 Å². The van der Waals surface area contributed by atoms with Crippen molar-refractivity contribution >= 4 is 29.5 Å². The van der Waals surface area contributed by atoms with Crippen LogP contribution in [0.3, 0.4) is 0 Å². The number of carbonyl (C=O) groups excluding carboxylic acids is 1. The number of hydrogen-bond acceptors (Lipinski definition) is 7. The van der Waals surface area contributed by atoms with Gasteiger partial charge in [0.1, 0.15) is 0 Å². The Hall–Kier alpha value is -2.21. The molecule has 3 aliphatic rings. The van der Waals surface area contributed by atoms with Crippen LogP contribution in [0.4, 0.5) is 0 Å². The third-order valence-corrected chi connectivity index (χ3v) is 8.09. The van der Waals surface area contributed by atoms with E-state index in [0.717, 1.165) is 30.5 Å². The summed E-state index contributed by atoms with van der Waals surface area (Å²) in [6, 6.07) is -0.527. The predicted octanol–water partition coefficient (Wildman–Crippen LogP) is -0.0713. The number of imidazole rings is 1. The SMILES string of the molecule is Cl.Cn1c(=O)c2c(ncn2[C@@H]2COC3(CCN(C(=O)[C@@H]4CCCNC4)CC3)C[C@@]2(C)O)n(C)c1=O. The first-order chi connectivity index (χ1) is 16.1. The lowest BCUT2D eigenvalue weighted by Crippen LogP contribution is -2.58. The van der Waals surface area contributed by atoms with Crippen LogP contribution in [0.25, 0.3) is 11.2 Å². The lowest BCUT2D eigenvalue weighted by molar-refractivity contribution is -0.197. The number of amides is 1. The Morgan fingerprint density at radius 1 is 1.23 bits per heavy atom. The second kappa shape index (κ2) is 9.34. The zero-order valence-corrected chi connectivity index (χ0v) is 21.3. The van der Waals surface area contributed by atoms with Gasteiger partial charge >= 0.3 is 5.69 Å². The van der Waals surface area contributed by atoms with Gasteiger partial charge in [-0.05, 0) is 39.2 Å². The highest BCUT2D eigenvalue weighted by atomic mass is 35.5. The molecule has 11 nitrogen and oxygen atoms in total. The minimum absolute atomic E-state index is 0. The Bertz CT molecular complexity index is 1220. The van der Waals surface area contributed by atoms with Gasteiger partial charge in [-0.15, -0.1) is 12.4 Å². The molecule has 194 valence electrons. The van der Waals surface area contributed by atoms with Crippen LogP contribution in [-0.2, 0) is 23.6 Å². The average molecular weight is 511 g/mol. The number of likely N-dealkylation sites (tertiary alicyclic amines) is 1. The van der Waals surface area contributed by atoms with Crippen molar-refractivity contribution in [3.8, 4) is 0 Å². The van der Waals surface area contributed by atoms with Crippen molar-refractivity contribution in [2.75, 3.05) is 32.8 Å². The maximum Gasteiger partial charge on any atom is 0.332 e. The first-order valence-corrected chi connectivity index (χ1v) is 12.1. The molecular weight excluding hydrogens is 476 g/mol. The minimum Gasteiger partial charge on any atom is -0.388 e. The quantitative estimate of drug-likeness (QED) is 0.579. The lowest BCUT2D eigenvalue weighted by atomic mass is 9.75. The first-order valence-electron chi connectivity index (χ1n) is 12.1. The summed E-state index contributed by atoms with van der Waals surface area (Å²) in [5.41, 5.74) is -2.00. The molecule has 2 aromatic heterocycles. The van der Waals surface area contributed by atoms with Crippen LogP contribution in [0.5, 0.6) is 0 Å². The zero-order valence-electron chi connectivity index (χ0n) is 20.5. The summed E-state index contributed by atoms with van der Waals surface area (Å²) in [6.45, 7) is 4.94. The van der Waals surface area contributed by atoms with Gasteiger partial charge in [0.05, 0.1) is 36.1 Å². The molecule has 5 heterocycles. The van der Waals surface area contributed by atoms with E-state index in [0.29, 0.717) is 32.4 Å². The fourth-order valence-corrected chi connectivity index (χ4v) is 6.01. The Kier molecular flexibility index (Phi) is 6.91. The molecule has 5 rings (SSSR count). The van der Waals surface area contributed by atoms with E-state index in [1.807, 2.05) is 4.90 Å². The monoisotopic (exact) mass is 510 g/mol. The van der Waals surface area contributed by atoms with Gasteiger partial charge in [-0.3, -0.25) is 18.7 Å². The number of aliphatic hydroxyl groups is 1. The van der Waals surface area contributed by atoms with Crippen molar-refractivity contribution < 1.29 is 14.6 Å². The van der Waals surface area contributed by atoms with Crippen molar-refractivity contribution in [2.45, 2.75) is 56.3 Å². The second-order valence-electron chi connectivity index (χ2n) is 10.4. The Morgan fingerprint density at radius 2 is 1.94 bits per heavy atom. The van der Waals surface area contributed by atoms with E-state index in [1.54, 1.807) is 18.5 Å². The molecule has 0 aromatic carbocycles. The van der Waals surface area contributed by atoms with Crippen LogP contribution < -0.4 is 16.6 Å². The summed E-state index contributed by atoms with van der Waals surface area (Å²) in [5, 5.41) is 14.9. The van der Waals surface area contributed by atoms with Crippen LogP contribution in [0, 0.1) is 5.92 Å². The number of fused-ring (bicyclic) bond motifs is 1. The number of hydrogen-bond donors (Lipinski definition) is 2. The molecular formula is C23H35ClN6O5. The number of ether oxygens (including phenoxy) is 1. The number of aryl methyl sites for hydroxylation is 1. The van der Waals surface area contributed by atoms with Crippen molar-refractivity contribution in [1.29, 1.82) is 0 Å². The second-order valence-corrected chi connectivity index (χ2v) is 10.4. The highest BCUT2D eigenvalue weighted by Gasteiger charge is 2.50. The van der Waals surface area contributed by atoms with Gasteiger partial charge < -0.3 is 24.6 Å². The molecule has 3 atom stereocenters. The van der Waals surface area contributed by atoms with Crippen molar-refractivity contribution in [2.24, 2.45) is 20.0 Å². The summed E-state index contributed by atoms with van der Waals surface area (Å²) in [5.74, 6) is 0.268. The molecule has 0 unspecified atom stereocenters. The minimum atomic E-state index is -1.16. The van der Waals surface area contributed by atoms with E-state index in [-0.39, 0.29) is 42.0 Å². The maximum absolute atomic E-state index is 12.9. The van der Waals surface area contributed by atoms with Crippen LogP contribution in [0.15, 0.2) is 15.9 Å². The molecule has 35 heavy (non-hydrogen) atoms. The Balaban J connectivity index is 0.00000289. The number of piperidine rings is 2. The van der Waals surface area contributed by atoms with Gasteiger partial charge in [-0.25, -0.2) is 9.78 Å². The third-order valence-electron chi connectivity index (χ3n) is 8.09. The number of carbonyl (C=O) groups is 1. The summed E-state index contributed by atoms with van der Waals surface area (Å²) in [6.07, 6.45) is 5.20. The van der Waals surface area contributed by atoms with Gasteiger partial charge in [-0.2, -0.15) is 0 Å². The van der Waals surface area contributed by atoms with E-state index >= 15 is 0 Å². The van der Waals surface area contributed by atoms with E-state index < -0.39 is 28.5 Å². The molecule has 2 aromatic rings. The normalized spacial score (nSPS) is 28.7. The number of nitrogens with one attached hydrogen (secondary N) is 1. The molecule has 3 fully saturated rings. The van der Waals surface area contributed by atoms with Gasteiger partial charge in [0.15, 0.2) is 11.2 Å². The molecule has 0 saturated carbocycles. The Labute approximate surface area is 209 Å². The zero-order chi connectivity index (χ0) is 24.3. The lowest BCUT2D eigenvalue weighted by Gasteiger charge is -2.51. The number of rotatable bonds is 2. The van der Waals surface area contributed by atoms with Crippen LogP contribution >= 0.6 is 12.4 Å². The highest BCUT2D eigenvalue weighted by Crippen LogP contribution is 2.44. The maximum atomic E-state index is 12.9. The van der Waals surface area contributed by atoms with E-state index in [9.17, 15) is 19.5 Å². The molecule has 1 spiro atoms. The smallest absolute Gasteiger partial charge is 0.332 e. The topological polar surface area (TPSA) is 124 Å². The fraction of sp³-hybridized carbons (Fsp3) is 0.739. The van der Waals surface area contributed by atoms with Gasteiger partial charge in [0.2, 0.25) is 5.91 Å². The molecule has 0 aliphatic carbocycles. The van der Waals surface area contributed by atoms with Crippen molar-refractivity contribution in [3.63, 3.8) is 0 Å². The predicted molar refractivity (Wildman–Crippen MR) is 132 cm³/mol. The summed E-state index contributed by atoms with van der Waals surface area (Å²) < 4.78 is 10.4. The van der Waals surface area contributed by atoms with E-state index in [4.69, 9.17) is 4.74 Å². The molecule has 1 amide bonds. The molecule has 0 radical (unpaired) electrons. The molecule has 2 N–H and O–H groups in total. The number of aromatic nitrogens is 4. The van der Waals surface area contributed by atoms with Gasteiger partial charge in [-0.1, -0.05) is 0 Å². The van der Waals surface area contributed by atoms with Crippen LogP contribution in [-0.4, -0.2) is 78.6 Å². The number of halogens is 1.